The number of thioether (sulfide) groups is 1. The number of anilines is 1. The minimum atomic E-state index is -0.380. The third kappa shape index (κ3) is 3.50. The molecule has 0 amide bonds. The summed E-state index contributed by atoms with van der Waals surface area (Å²) in [5, 5.41) is 0.686. The van der Waals surface area contributed by atoms with Crippen molar-refractivity contribution in [1.29, 1.82) is 0 Å². The molecule has 0 N–H and O–H groups in total. The molecular weight excluding hydrogens is 426 g/mol. The van der Waals surface area contributed by atoms with Gasteiger partial charge in [-0.25, -0.2) is 14.8 Å². The second-order valence-corrected chi connectivity index (χ2v) is 8.82. The maximum absolute atomic E-state index is 13.1. The van der Waals surface area contributed by atoms with E-state index in [4.69, 9.17) is 4.98 Å². The minimum absolute atomic E-state index is 0.333. The molecule has 10 heteroatoms. The highest BCUT2D eigenvalue weighted by atomic mass is 32.2. The van der Waals surface area contributed by atoms with Crippen LogP contribution in [0.15, 0.2) is 57.5 Å². The maximum Gasteiger partial charge on any atom is 0.332 e. The van der Waals surface area contributed by atoms with Gasteiger partial charge in [0.25, 0.3) is 5.56 Å². The highest BCUT2D eigenvalue weighted by Crippen LogP contribution is 2.27. The van der Waals surface area contributed by atoms with Gasteiger partial charge in [-0.3, -0.25) is 13.9 Å². The SMILES string of the molecule is Cn1c(=O)c2c(nc(N3CCc4ccccc4C3)n2CCSc2ncccn2)n(C)c1=O. The van der Waals surface area contributed by atoms with Crippen molar-refractivity contribution >= 4 is 28.9 Å². The Morgan fingerprint density at radius 3 is 2.53 bits per heavy atom. The van der Waals surface area contributed by atoms with Gasteiger partial charge in [-0.1, -0.05) is 36.0 Å². The third-order valence-corrected chi connectivity index (χ3v) is 6.69. The van der Waals surface area contributed by atoms with Crippen molar-refractivity contribution in [1.82, 2.24) is 28.7 Å². The topological polar surface area (TPSA) is 90.8 Å². The summed E-state index contributed by atoms with van der Waals surface area (Å²) in [6, 6.07) is 10.2. The largest absolute Gasteiger partial charge is 0.338 e. The van der Waals surface area contributed by atoms with E-state index in [-0.39, 0.29) is 11.2 Å². The Bertz CT molecular complexity index is 1410. The van der Waals surface area contributed by atoms with E-state index in [0.29, 0.717) is 41.1 Å². The molecule has 9 nitrogen and oxygen atoms in total. The molecule has 0 fully saturated rings. The van der Waals surface area contributed by atoms with Gasteiger partial charge in [0.1, 0.15) is 0 Å². The second-order valence-electron chi connectivity index (χ2n) is 7.76. The van der Waals surface area contributed by atoms with Crippen LogP contribution in [0.2, 0.25) is 0 Å². The van der Waals surface area contributed by atoms with Crippen LogP contribution in [0.1, 0.15) is 11.1 Å². The molecule has 3 aromatic heterocycles. The van der Waals surface area contributed by atoms with E-state index in [9.17, 15) is 9.59 Å². The number of aromatic nitrogens is 6. The third-order valence-electron chi connectivity index (χ3n) is 5.83. The van der Waals surface area contributed by atoms with Crippen molar-refractivity contribution in [2.75, 3.05) is 17.2 Å². The highest BCUT2D eigenvalue weighted by Gasteiger charge is 2.25. The monoisotopic (exact) mass is 449 g/mol. The number of fused-ring (bicyclic) bond motifs is 2. The summed E-state index contributed by atoms with van der Waals surface area (Å²) >= 11 is 1.52. The van der Waals surface area contributed by atoms with Gasteiger partial charge in [-0.15, -0.1) is 0 Å². The van der Waals surface area contributed by atoms with E-state index < -0.39 is 0 Å². The number of benzene rings is 1. The Morgan fingerprint density at radius 1 is 1.00 bits per heavy atom. The van der Waals surface area contributed by atoms with Gasteiger partial charge in [0.15, 0.2) is 16.3 Å². The molecule has 0 radical (unpaired) electrons. The average molecular weight is 450 g/mol. The van der Waals surface area contributed by atoms with Gasteiger partial charge in [0.2, 0.25) is 5.95 Å². The molecule has 0 saturated heterocycles. The first-order chi connectivity index (χ1) is 15.5. The predicted octanol–water partition coefficient (Wildman–Crippen LogP) is 1.58. The summed E-state index contributed by atoms with van der Waals surface area (Å²) < 4.78 is 4.53. The van der Waals surface area contributed by atoms with Crippen LogP contribution in [0.25, 0.3) is 11.2 Å². The zero-order valence-corrected chi connectivity index (χ0v) is 18.7. The molecule has 1 aromatic carbocycles. The number of rotatable bonds is 5. The molecule has 0 bridgehead atoms. The van der Waals surface area contributed by atoms with Crippen molar-refractivity contribution in [2.24, 2.45) is 14.1 Å². The summed E-state index contributed by atoms with van der Waals surface area (Å²) in [6.45, 7) is 2.05. The Hall–Kier alpha value is -3.40. The smallest absolute Gasteiger partial charge is 0.332 e. The van der Waals surface area contributed by atoms with Crippen molar-refractivity contribution in [2.45, 2.75) is 24.7 Å². The number of nitrogens with zero attached hydrogens (tertiary/aromatic N) is 7. The summed E-state index contributed by atoms with van der Waals surface area (Å²) in [5.74, 6) is 1.38. The molecule has 1 aliphatic heterocycles. The normalized spacial score (nSPS) is 13.5. The lowest BCUT2D eigenvalue weighted by atomic mass is 10.0. The molecule has 0 atom stereocenters. The first-order valence-corrected chi connectivity index (χ1v) is 11.4. The molecule has 1 aliphatic rings. The standard InChI is InChI=1S/C22H23N7O2S/c1-26-18-17(19(30)27(2)22(26)31)29(12-13-32-20-23-9-5-10-24-20)21(25-18)28-11-8-15-6-3-4-7-16(15)14-28/h3-7,9-10H,8,11-14H2,1-2H3. The van der Waals surface area contributed by atoms with E-state index in [1.807, 2.05) is 10.6 Å². The lowest BCUT2D eigenvalue weighted by Gasteiger charge is -2.30. The Morgan fingerprint density at radius 2 is 1.75 bits per heavy atom. The van der Waals surface area contributed by atoms with E-state index >= 15 is 0 Å². The predicted molar refractivity (Wildman–Crippen MR) is 124 cm³/mol. The van der Waals surface area contributed by atoms with Gasteiger partial charge >= 0.3 is 5.69 Å². The lowest BCUT2D eigenvalue weighted by molar-refractivity contribution is 0.668. The first kappa shape index (κ1) is 20.5. The van der Waals surface area contributed by atoms with E-state index in [0.717, 1.165) is 17.5 Å². The number of hydrogen-bond donors (Lipinski definition) is 0. The van der Waals surface area contributed by atoms with Crippen LogP contribution in [-0.2, 0) is 33.6 Å². The molecule has 0 aliphatic carbocycles. The molecule has 32 heavy (non-hydrogen) atoms. The molecule has 0 saturated carbocycles. The maximum atomic E-state index is 13.1. The first-order valence-electron chi connectivity index (χ1n) is 10.4. The summed E-state index contributed by atoms with van der Waals surface area (Å²) in [5.41, 5.74) is 2.73. The lowest BCUT2D eigenvalue weighted by Crippen LogP contribution is -2.37. The highest BCUT2D eigenvalue weighted by molar-refractivity contribution is 7.99. The van der Waals surface area contributed by atoms with Crippen molar-refractivity contribution < 1.29 is 0 Å². The Balaban J connectivity index is 1.58. The minimum Gasteiger partial charge on any atom is -0.338 e. The molecule has 0 unspecified atom stereocenters. The molecule has 5 rings (SSSR count). The van der Waals surface area contributed by atoms with Crippen LogP contribution >= 0.6 is 11.8 Å². The van der Waals surface area contributed by atoms with E-state index in [1.54, 1.807) is 25.5 Å². The second kappa shape index (κ2) is 8.27. The molecule has 4 aromatic rings. The summed E-state index contributed by atoms with van der Waals surface area (Å²) in [6.07, 6.45) is 4.33. The number of hydrogen-bond acceptors (Lipinski definition) is 7. The fourth-order valence-corrected chi connectivity index (χ4v) is 4.87. The fraction of sp³-hybridized carbons (Fsp3) is 0.318. The zero-order chi connectivity index (χ0) is 22.2. The van der Waals surface area contributed by atoms with Gasteiger partial charge < -0.3 is 9.47 Å². The van der Waals surface area contributed by atoms with E-state index in [1.165, 1.54) is 34.5 Å². The Kier molecular flexibility index (Phi) is 5.30. The van der Waals surface area contributed by atoms with Gasteiger partial charge in [0, 0.05) is 51.9 Å². The van der Waals surface area contributed by atoms with Gasteiger partial charge in [-0.05, 0) is 23.6 Å². The van der Waals surface area contributed by atoms with Crippen LogP contribution in [-0.4, -0.2) is 41.0 Å². The van der Waals surface area contributed by atoms with Crippen molar-refractivity contribution in [3.05, 3.63) is 74.7 Å². The van der Waals surface area contributed by atoms with Crippen molar-refractivity contribution in [3.63, 3.8) is 0 Å². The number of aryl methyl sites for hydroxylation is 2. The van der Waals surface area contributed by atoms with Crippen LogP contribution in [0.4, 0.5) is 5.95 Å². The van der Waals surface area contributed by atoms with Gasteiger partial charge in [-0.2, -0.15) is 4.98 Å². The summed E-state index contributed by atoms with van der Waals surface area (Å²) in [4.78, 5) is 41.1. The zero-order valence-electron chi connectivity index (χ0n) is 17.9. The Labute approximate surface area is 188 Å². The molecule has 0 spiro atoms. The van der Waals surface area contributed by atoms with Crippen LogP contribution in [0.5, 0.6) is 0 Å². The van der Waals surface area contributed by atoms with Crippen molar-refractivity contribution in [3.8, 4) is 0 Å². The number of imidazole rings is 1. The van der Waals surface area contributed by atoms with Gasteiger partial charge in [0.05, 0.1) is 0 Å². The van der Waals surface area contributed by atoms with Crippen LogP contribution in [0, 0.1) is 0 Å². The fourth-order valence-electron chi connectivity index (χ4n) is 4.14. The molecule has 164 valence electrons. The van der Waals surface area contributed by atoms with Crippen LogP contribution in [0.3, 0.4) is 0 Å². The molecule has 4 heterocycles. The quantitative estimate of drug-likeness (QED) is 0.337. The van der Waals surface area contributed by atoms with E-state index in [2.05, 4.69) is 33.1 Å². The summed E-state index contributed by atoms with van der Waals surface area (Å²) in [7, 11) is 3.16. The van der Waals surface area contributed by atoms with Crippen LogP contribution < -0.4 is 16.1 Å². The molecular formula is C22H23N7O2S. The average Bonchev–Trinajstić information content (AvgIpc) is 3.21.